The second kappa shape index (κ2) is 11.6. The highest BCUT2D eigenvalue weighted by molar-refractivity contribution is 5.28. The summed E-state index contributed by atoms with van der Waals surface area (Å²) in [6, 6.07) is 4.95. The third-order valence-electron chi connectivity index (χ3n) is 3.90. The Morgan fingerprint density at radius 1 is 0.857 bits per heavy atom. The van der Waals surface area contributed by atoms with Gasteiger partial charge in [-0.1, -0.05) is 64.7 Å². The van der Waals surface area contributed by atoms with Crippen LogP contribution in [0.3, 0.4) is 0 Å². The highest BCUT2D eigenvalue weighted by atomic mass is 19.1. The van der Waals surface area contributed by atoms with Gasteiger partial charge >= 0.3 is 0 Å². The molecule has 0 amide bonds. The summed E-state index contributed by atoms with van der Waals surface area (Å²) in [4.78, 5) is 0. The Hall–Kier alpha value is -1.05. The predicted molar refractivity (Wildman–Crippen MR) is 88.5 cm³/mol. The van der Waals surface area contributed by atoms with Gasteiger partial charge < -0.3 is 4.74 Å². The average Bonchev–Trinajstić information content (AvgIpc) is 2.48. The van der Waals surface area contributed by atoms with Crippen molar-refractivity contribution in [1.29, 1.82) is 0 Å². The molecular weight excluding hydrogens is 263 g/mol. The molecule has 1 rings (SSSR count). The summed E-state index contributed by atoms with van der Waals surface area (Å²) in [5.41, 5.74) is 0.649. The maximum Gasteiger partial charge on any atom is 0.126 e. The summed E-state index contributed by atoms with van der Waals surface area (Å²) in [6.45, 7) is 4.76. The molecule has 0 saturated heterocycles. The van der Waals surface area contributed by atoms with Crippen LogP contribution in [0.15, 0.2) is 18.2 Å². The van der Waals surface area contributed by atoms with Crippen LogP contribution in [0.4, 0.5) is 4.39 Å². The van der Waals surface area contributed by atoms with Crippen LogP contribution in [0.25, 0.3) is 0 Å². The van der Waals surface area contributed by atoms with Crippen LogP contribution in [-0.4, -0.2) is 6.61 Å². The number of benzene rings is 1. The fourth-order valence-corrected chi connectivity index (χ4v) is 2.49. The molecule has 1 aromatic rings. The molecule has 0 N–H and O–H groups in total. The smallest absolute Gasteiger partial charge is 0.126 e. The van der Waals surface area contributed by atoms with Gasteiger partial charge in [-0.2, -0.15) is 0 Å². The fraction of sp³-hybridized carbons (Fsp3) is 0.684. The van der Waals surface area contributed by atoms with Crippen LogP contribution in [0, 0.1) is 12.7 Å². The van der Waals surface area contributed by atoms with Gasteiger partial charge in [0.2, 0.25) is 0 Å². The molecule has 0 aliphatic heterocycles. The second-order valence-corrected chi connectivity index (χ2v) is 5.94. The molecule has 21 heavy (non-hydrogen) atoms. The first kappa shape index (κ1) is 18.0. The van der Waals surface area contributed by atoms with E-state index in [2.05, 4.69) is 6.92 Å². The molecule has 0 fully saturated rings. The quantitative estimate of drug-likeness (QED) is 0.403. The largest absolute Gasteiger partial charge is 0.494 e. The molecule has 1 nitrogen and oxygen atoms in total. The standard InChI is InChI=1S/C19H31FO/c1-3-4-5-6-7-8-9-10-11-12-15-21-18-13-14-19(20)17(2)16-18/h13-14,16H,3-12,15H2,1-2H3. The van der Waals surface area contributed by atoms with E-state index in [0.717, 1.165) is 18.8 Å². The Labute approximate surface area is 129 Å². The summed E-state index contributed by atoms with van der Waals surface area (Å²) in [7, 11) is 0. The van der Waals surface area contributed by atoms with E-state index in [9.17, 15) is 4.39 Å². The third kappa shape index (κ3) is 8.75. The molecule has 1 aromatic carbocycles. The first-order valence-electron chi connectivity index (χ1n) is 8.63. The van der Waals surface area contributed by atoms with Gasteiger partial charge in [-0.15, -0.1) is 0 Å². The van der Waals surface area contributed by atoms with Crippen molar-refractivity contribution in [3.05, 3.63) is 29.6 Å². The van der Waals surface area contributed by atoms with E-state index < -0.39 is 0 Å². The van der Waals surface area contributed by atoms with Gasteiger partial charge in [0.05, 0.1) is 6.61 Å². The van der Waals surface area contributed by atoms with Crippen molar-refractivity contribution < 1.29 is 9.13 Å². The minimum atomic E-state index is -0.165. The second-order valence-electron chi connectivity index (χ2n) is 5.94. The molecule has 0 aliphatic carbocycles. The van der Waals surface area contributed by atoms with Crippen LogP contribution < -0.4 is 4.74 Å². The Kier molecular flexibility index (Phi) is 9.94. The van der Waals surface area contributed by atoms with Crippen LogP contribution >= 0.6 is 0 Å². The van der Waals surface area contributed by atoms with Gasteiger partial charge in [0, 0.05) is 0 Å². The van der Waals surface area contributed by atoms with Crippen molar-refractivity contribution in [3.8, 4) is 5.75 Å². The zero-order valence-corrected chi connectivity index (χ0v) is 13.8. The molecule has 0 heterocycles. The van der Waals surface area contributed by atoms with Crippen molar-refractivity contribution in [2.24, 2.45) is 0 Å². The molecule has 120 valence electrons. The van der Waals surface area contributed by atoms with Crippen molar-refractivity contribution in [2.75, 3.05) is 6.61 Å². The van der Waals surface area contributed by atoms with Gasteiger partial charge in [-0.05, 0) is 37.1 Å². The van der Waals surface area contributed by atoms with E-state index in [1.807, 2.05) is 0 Å². The van der Waals surface area contributed by atoms with Crippen LogP contribution in [0.2, 0.25) is 0 Å². The van der Waals surface area contributed by atoms with E-state index in [-0.39, 0.29) is 5.82 Å². The maximum atomic E-state index is 13.1. The van der Waals surface area contributed by atoms with Gasteiger partial charge in [0.15, 0.2) is 0 Å². The summed E-state index contributed by atoms with van der Waals surface area (Å²) >= 11 is 0. The minimum Gasteiger partial charge on any atom is -0.494 e. The zero-order valence-electron chi connectivity index (χ0n) is 13.8. The zero-order chi connectivity index (χ0) is 15.3. The molecular formula is C19H31FO. The first-order chi connectivity index (χ1) is 10.2. The lowest BCUT2D eigenvalue weighted by atomic mass is 10.1. The van der Waals surface area contributed by atoms with Gasteiger partial charge in [0.1, 0.15) is 11.6 Å². The molecule has 0 radical (unpaired) electrons. The average molecular weight is 294 g/mol. The normalized spacial score (nSPS) is 10.8. The molecule has 0 aromatic heterocycles. The summed E-state index contributed by atoms with van der Waals surface area (Å²) in [6.07, 6.45) is 13.3. The number of hydrogen-bond acceptors (Lipinski definition) is 1. The number of hydrogen-bond donors (Lipinski definition) is 0. The SMILES string of the molecule is CCCCCCCCCCCCOc1ccc(F)c(C)c1. The van der Waals surface area contributed by atoms with E-state index in [0.29, 0.717) is 5.56 Å². The maximum absolute atomic E-state index is 13.1. The summed E-state index contributed by atoms with van der Waals surface area (Å²) in [5, 5.41) is 0. The highest BCUT2D eigenvalue weighted by Gasteiger charge is 1.99. The number of ether oxygens (including phenoxy) is 1. The topological polar surface area (TPSA) is 9.23 Å². The monoisotopic (exact) mass is 294 g/mol. The van der Waals surface area contributed by atoms with Gasteiger partial charge in [-0.3, -0.25) is 0 Å². The molecule has 2 heteroatoms. The number of halogens is 1. The van der Waals surface area contributed by atoms with E-state index in [1.54, 1.807) is 19.1 Å². The molecule has 0 aliphatic rings. The van der Waals surface area contributed by atoms with E-state index in [4.69, 9.17) is 4.74 Å². The van der Waals surface area contributed by atoms with Crippen LogP contribution in [0.1, 0.15) is 76.7 Å². The summed E-state index contributed by atoms with van der Waals surface area (Å²) in [5.74, 6) is 0.617. The third-order valence-corrected chi connectivity index (χ3v) is 3.90. The van der Waals surface area contributed by atoms with Crippen LogP contribution in [-0.2, 0) is 0 Å². The number of rotatable bonds is 12. The lowest BCUT2D eigenvalue weighted by Crippen LogP contribution is -1.98. The fourth-order valence-electron chi connectivity index (χ4n) is 2.49. The predicted octanol–water partition coefficient (Wildman–Crippen LogP) is 6.43. The van der Waals surface area contributed by atoms with Crippen molar-refractivity contribution in [2.45, 2.75) is 78.1 Å². The lowest BCUT2D eigenvalue weighted by molar-refractivity contribution is 0.303. The number of unbranched alkanes of at least 4 members (excludes halogenated alkanes) is 9. The van der Waals surface area contributed by atoms with Gasteiger partial charge in [-0.25, -0.2) is 4.39 Å². The van der Waals surface area contributed by atoms with E-state index in [1.165, 1.54) is 63.9 Å². The van der Waals surface area contributed by atoms with Crippen molar-refractivity contribution >= 4 is 0 Å². The Bertz CT molecular complexity index is 376. The molecule has 0 atom stereocenters. The Morgan fingerprint density at radius 3 is 2.00 bits per heavy atom. The minimum absolute atomic E-state index is 0.165. The Balaban J connectivity index is 1.91. The molecule has 0 unspecified atom stereocenters. The molecule has 0 spiro atoms. The summed E-state index contributed by atoms with van der Waals surface area (Å²) < 4.78 is 18.7. The van der Waals surface area contributed by atoms with E-state index >= 15 is 0 Å². The Morgan fingerprint density at radius 2 is 1.43 bits per heavy atom. The number of aryl methyl sites for hydroxylation is 1. The van der Waals surface area contributed by atoms with Gasteiger partial charge in [0.25, 0.3) is 0 Å². The first-order valence-corrected chi connectivity index (χ1v) is 8.63. The molecule has 0 bridgehead atoms. The van der Waals surface area contributed by atoms with Crippen LogP contribution in [0.5, 0.6) is 5.75 Å². The van der Waals surface area contributed by atoms with Crippen molar-refractivity contribution in [1.82, 2.24) is 0 Å². The highest BCUT2D eigenvalue weighted by Crippen LogP contribution is 2.16. The lowest BCUT2D eigenvalue weighted by Gasteiger charge is -2.07. The molecule has 0 saturated carbocycles. The van der Waals surface area contributed by atoms with Crippen molar-refractivity contribution in [3.63, 3.8) is 0 Å².